The Morgan fingerprint density at radius 2 is 1.83 bits per heavy atom. The van der Waals surface area contributed by atoms with Gasteiger partial charge in [0.25, 0.3) is 0 Å². The number of rotatable bonds is 7. The van der Waals surface area contributed by atoms with Gasteiger partial charge in [-0.05, 0) is 48.2 Å². The molecule has 1 aliphatic heterocycles. The van der Waals surface area contributed by atoms with Crippen LogP contribution < -0.4 is 10.6 Å². The number of carbonyl (C=O) groups is 2. The van der Waals surface area contributed by atoms with Crippen molar-refractivity contribution in [2.75, 3.05) is 18.4 Å². The lowest BCUT2D eigenvalue weighted by atomic mass is 10.2. The number of amides is 3. The number of urea groups is 1. The van der Waals surface area contributed by atoms with E-state index < -0.39 is 0 Å². The van der Waals surface area contributed by atoms with Crippen molar-refractivity contribution in [3.63, 3.8) is 0 Å². The fourth-order valence-corrected chi connectivity index (χ4v) is 3.49. The van der Waals surface area contributed by atoms with Gasteiger partial charge in [0.1, 0.15) is 0 Å². The molecule has 7 heteroatoms. The van der Waals surface area contributed by atoms with Gasteiger partial charge in [0.2, 0.25) is 5.91 Å². The van der Waals surface area contributed by atoms with Crippen LogP contribution in [0.25, 0.3) is 5.69 Å². The molecule has 0 saturated carbocycles. The van der Waals surface area contributed by atoms with Crippen molar-refractivity contribution in [2.24, 2.45) is 0 Å². The first-order valence-electron chi connectivity index (χ1n) is 10.2. The minimum Gasteiger partial charge on any atom is -0.338 e. The molecule has 1 fully saturated rings. The summed E-state index contributed by atoms with van der Waals surface area (Å²) in [6.07, 6.45) is 6.07. The van der Waals surface area contributed by atoms with Crippen LogP contribution in [0.3, 0.4) is 0 Å². The monoisotopic (exact) mass is 403 g/mol. The number of anilines is 1. The second-order valence-electron chi connectivity index (χ2n) is 7.38. The molecule has 0 aliphatic carbocycles. The van der Waals surface area contributed by atoms with Crippen molar-refractivity contribution in [3.8, 4) is 5.69 Å². The van der Waals surface area contributed by atoms with Crippen molar-refractivity contribution >= 4 is 17.6 Å². The fraction of sp³-hybridized carbons (Fsp3) is 0.261. The molecule has 30 heavy (non-hydrogen) atoms. The SMILES string of the molecule is O=C(NCCc1cnn(-c2ccccc2)c1)Nc1ccc(CN2CCCC2=O)cc1. The van der Waals surface area contributed by atoms with E-state index in [4.69, 9.17) is 0 Å². The lowest BCUT2D eigenvalue weighted by Crippen LogP contribution is -2.30. The van der Waals surface area contributed by atoms with Crippen LogP contribution in [-0.4, -0.2) is 39.7 Å². The Kier molecular flexibility index (Phi) is 6.08. The van der Waals surface area contributed by atoms with E-state index in [9.17, 15) is 9.59 Å². The molecule has 3 aromatic rings. The number of benzene rings is 2. The number of carbonyl (C=O) groups excluding carboxylic acids is 2. The summed E-state index contributed by atoms with van der Waals surface area (Å²) in [6.45, 7) is 1.97. The topological polar surface area (TPSA) is 79.3 Å². The van der Waals surface area contributed by atoms with Gasteiger partial charge in [-0.3, -0.25) is 4.79 Å². The van der Waals surface area contributed by atoms with Crippen LogP contribution in [-0.2, 0) is 17.8 Å². The lowest BCUT2D eigenvalue weighted by molar-refractivity contribution is -0.128. The lowest BCUT2D eigenvalue weighted by Gasteiger charge is -2.15. The van der Waals surface area contributed by atoms with Crippen molar-refractivity contribution in [1.29, 1.82) is 0 Å². The van der Waals surface area contributed by atoms with E-state index in [-0.39, 0.29) is 11.9 Å². The van der Waals surface area contributed by atoms with Crippen molar-refractivity contribution in [3.05, 3.63) is 78.1 Å². The summed E-state index contributed by atoms with van der Waals surface area (Å²) in [7, 11) is 0. The Labute approximate surface area is 175 Å². The summed E-state index contributed by atoms with van der Waals surface area (Å²) in [5.41, 5.74) is 3.85. The van der Waals surface area contributed by atoms with Crippen LogP contribution in [0.1, 0.15) is 24.0 Å². The van der Waals surface area contributed by atoms with Crippen molar-refractivity contribution in [2.45, 2.75) is 25.8 Å². The summed E-state index contributed by atoms with van der Waals surface area (Å²) >= 11 is 0. The Bertz CT molecular complexity index is 998. The quantitative estimate of drug-likeness (QED) is 0.635. The van der Waals surface area contributed by atoms with E-state index in [1.807, 2.05) is 76.6 Å². The molecule has 154 valence electrons. The van der Waals surface area contributed by atoms with E-state index in [0.717, 1.165) is 35.5 Å². The molecule has 1 aliphatic rings. The molecule has 2 N–H and O–H groups in total. The van der Waals surface area contributed by atoms with Crippen LogP contribution in [0.15, 0.2) is 67.0 Å². The number of hydrogen-bond donors (Lipinski definition) is 2. The van der Waals surface area contributed by atoms with Gasteiger partial charge in [-0.2, -0.15) is 5.10 Å². The summed E-state index contributed by atoms with van der Waals surface area (Å²) < 4.78 is 1.83. The maximum Gasteiger partial charge on any atom is 0.319 e. The summed E-state index contributed by atoms with van der Waals surface area (Å²) in [4.78, 5) is 25.7. The molecule has 0 spiro atoms. The van der Waals surface area contributed by atoms with Gasteiger partial charge >= 0.3 is 6.03 Å². The second kappa shape index (κ2) is 9.26. The molecule has 4 rings (SSSR count). The molecular weight excluding hydrogens is 378 g/mol. The van der Waals surface area contributed by atoms with E-state index in [1.54, 1.807) is 0 Å². The van der Waals surface area contributed by atoms with Gasteiger partial charge in [0.05, 0.1) is 11.9 Å². The molecule has 3 amide bonds. The summed E-state index contributed by atoms with van der Waals surface area (Å²) in [6, 6.07) is 17.3. The number of para-hydroxylation sites is 1. The van der Waals surface area contributed by atoms with Gasteiger partial charge in [0.15, 0.2) is 0 Å². The predicted molar refractivity (Wildman–Crippen MR) is 115 cm³/mol. The van der Waals surface area contributed by atoms with Gasteiger partial charge in [-0.25, -0.2) is 9.48 Å². The summed E-state index contributed by atoms with van der Waals surface area (Å²) in [5, 5.41) is 10.1. The highest BCUT2D eigenvalue weighted by molar-refractivity contribution is 5.89. The van der Waals surface area contributed by atoms with Crippen LogP contribution >= 0.6 is 0 Å². The van der Waals surface area contributed by atoms with E-state index in [0.29, 0.717) is 25.9 Å². The maximum absolute atomic E-state index is 12.1. The highest BCUT2D eigenvalue weighted by atomic mass is 16.2. The minimum absolute atomic E-state index is 0.214. The zero-order chi connectivity index (χ0) is 20.8. The Morgan fingerprint density at radius 1 is 1.03 bits per heavy atom. The third-order valence-corrected chi connectivity index (χ3v) is 5.11. The smallest absolute Gasteiger partial charge is 0.319 e. The van der Waals surface area contributed by atoms with Crippen molar-refractivity contribution in [1.82, 2.24) is 20.0 Å². The highest BCUT2D eigenvalue weighted by Gasteiger charge is 2.19. The van der Waals surface area contributed by atoms with Crippen LogP contribution in [0, 0.1) is 0 Å². The first kappa shape index (κ1) is 19.7. The van der Waals surface area contributed by atoms with E-state index >= 15 is 0 Å². The highest BCUT2D eigenvalue weighted by Crippen LogP contribution is 2.16. The molecule has 1 aromatic heterocycles. The Balaban J connectivity index is 1.21. The largest absolute Gasteiger partial charge is 0.338 e. The number of hydrogen-bond acceptors (Lipinski definition) is 3. The second-order valence-corrected chi connectivity index (χ2v) is 7.38. The van der Waals surface area contributed by atoms with Gasteiger partial charge in [-0.15, -0.1) is 0 Å². The molecule has 0 unspecified atom stereocenters. The molecule has 2 aromatic carbocycles. The van der Waals surface area contributed by atoms with Crippen LogP contribution in [0.2, 0.25) is 0 Å². The molecular formula is C23H25N5O2. The van der Waals surface area contributed by atoms with E-state index in [2.05, 4.69) is 15.7 Å². The standard InChI is InChI=1S/C23H25N5O2/c29-22-7-4-14-27(22)16-18-8-10-20(11-9-18)26-23(30)24-13-12-19-15-25-28(17-19)21-5-2-1-3-6-21/h1-3,5-6,8-11,15,17H,4,7,12-14,16H2,(H2,24,26,30). The van der Waals surface area contributed by atoms with Gasteiger partial charge in [0, 0.05) is 37.9 Å². The molecule has 0 bridgehead atoms. The maximum atomic E-state index is 12.1. The molecule has 7 nitrogen and oxygen atoms in total. The summed E-state index contributed by atoms with van der Waals surface area (Å²) in [5.74, 6) is 0.214. The first-order chi connectivity index (χ1) is 14.7. The average Bonchev–Trinajstić information content (AvgIpc) is 3.39. The number of likely N-dealkylation sites (tertiary alicyclic amines) is 1. The Morgan fingerprint density at radius 3 is 2.57 bits per heavy atom. The number of nitrogens with one attached hydrogen (secondary N) is 2. The van der Waals surface area contributed by atoms with E-state index in [1.165, 1.54) is 0 Å². The molecule has 2 heterocycles. The third-order valence-electron chi connectivity index (χ3n) is 5.11. The average molecular weight is 403 g/mol. The van der Waals surface area contributed by atoms with Gasteiger partial charge < -0.3 is 15.5 Å². The zero-order valence-corrected chi connectivity index (χ0v) is 16.8. The molecule has 0 radical (unpaired) electrons. The molecule has 1 saturated heterocycles. The molecule has 0 atom stereocenters. The minimum atomic E-state index is -0.243. The van der Waals surface area contributed by atoms with Crippen LogP contribution in [0.4, 0.5) is 10.5 Å². The number of nitrogens with zero attached hydrogens (tertiary/aromatic N) is 3. The number of aromatic nitrogens is 2. The fourth-order valence-electron chi connectivity index (χ4n) is 3.49. The van der Waals surface area contributed by atoms with Crippen LogP contribution in [0.5, 0.6) is 0 Å². The third kappa shape index (κ3) is 5.05. The normalized spacial score (nSPS) is 13.5. The predicted octanol–water partition coefficient (Wildman–Crippen LogP) is 3.36. The van der Waals surface area contributed by atoms with Gasteiger partial charge in [-0.1, -0.05) is 30.3 Å². The Hall–Kier alpha value is -3.61. The first-order valence-corrected chi connectivity index (χ1v) is 10.2. The zero-order valence-electron chi connectivity index (χ0n) is 16.8. The van der Waals surface area contributed by atoms with Crippen molar-refractivity contribution < 1.29 is 9.59 Å².